The Morgan fingerprint density at radius 1 is 1.33 bits per heavy atom. The first-order chi connectivity index (χ1) is 7.34. The van der Waals surface area contributed by atoms with E-state index in [4.69, 9.17) is 0 Å². The first-order valence-corrected chi connectivity index (χ1v) is 6.52. The van der Waals surface area contributed by atoms with Crippen LogP contribution in [0.2, 0.25) is 0 Å². The van der Waals surface area contributed by atoms with Gasteiger partial charge in [-0.15, -0.1) is 11.3 Å². The minimum absolute atomic E-state index is 0.941. The molecule has 2 heterocycles. The Morgan fingerprint density at radius 3 is 2.93 bits per heavy atom. The number of halogens is 1. The van der Waals surface area contributed by atoms with E-state index in [9.17, 15) is 0 Å². The number of H-pyrrole nitrogens is 1. The van der Waals surface area contributed by atoms with Gasteiger partial charge >= 0.3 is 0 Å². The molecule has 2 aromatic rings. The summed E-state index contributed by atoms with van der Waals surface area (Å²) < 4.78 is 1.21. The summed E-state index contributed by atoms with van der Waals surface area (Å²) in [6.07, 6.45) is 5.07. The van der Waals surface area contributed by atoms with Gasteiger partial charge in [0.25, 0.3) is 0 Å². The van der Waals surface area contributed by atoms with Crippen LogP contribution in [0.1, 0.15) is 10.4 Å². The molecule has 2 aromatic heterocycles. The van der Waals surface area contributed by atoms with Crippen LogP contribution in [0.15, 0.2) is 34.4 Å². The molecule has 0 atom stereocenters. The zero-order chi connectivity index (χ0) is 10.5. The number of aromatic amines is 1. The van der Waals surface area contributed by atoms with Gasteiger partial charge in [-0.1, -0.05) is 0 Å². The lowest BCUT2D eigenvalue weighted by atomic mass is 10.3. The standard InChI is InChI=1S/C11H13BrN2S/c12-11-2-1-10(15-11)4-6-14-8-9-3-5-13-7-9/h1-3,5,7,13-14H,4,6,8H2. The Kier molecular flexibility index (Phi) is 4.00. The lowest BCUT2D eigenvalue weighted by molar-refractivity contribution is 0.691. The summed E-state index contributed by atoms with van der Waals surface area (Å²) in [5.74, 6) is 0. The third-order valence-corrected chi connectivity index (χ3v) is 3.85. The molecule has 4 heteroatoms. The van der Waals surface area contributed by atoms with E-state index in [1.54, 1.807) is 11.3 Å². The van der Waals surface area contributed by atoms with Crippen LogP contribution in [0.5, 0.6) is 0 Å². The monoisotopic (exact) mass is 284 g/mol. The fourth-order valence-electron chi connectivity index (χ4n) is 1.40. The molecule has 0 amide bonds. The van der Waals surface area contributed by atoms with Crippen molar-refractivity contribution in [2.45, 2.75) is 13.0 Å². The topological polar surface area (TPSA) is 27.8 Å². The molecular weight excluding hydrogens is 272 g/mol. The molecule has 0 radical (unpaired) electrons. The van der Waals surface area contributed by atoms with Crippen molar-refractivity contribution in [1.82, 2.24) is 10.3 Å². The number of aromatic nitrogens is 1. The maximum atomic E-state index is 3.47. The van der Waals surface area contributed by atoms with E-state index in [0.717, 1.165) is 19.5 Å². The van der Waals surface area contributed by atoms with E-state index in [0.29, 0.717) is 0 Å². The van der Waals surface area contributed by atoms with Gasteiger partial charge in [0, 0.05) is 30.4 Å². The van der Waals surface area contributed by atoms with Crippen molar-refractivity contribution >= 4 is 27.3 Å². The SMILES string of the molecule is Brc1ccc(CCNCc2cc[nH]c2)s1. The number of thiophene rings is 1. The predicted molar refractivity (Wildman–Crippen MR) is 68.2 cm³/mol. The van der Waals surface area contributed by atoms with Crippen molar-refractivity contribution in [1.29, 1.82) is 0 Å². The van der Waals surface area contributed by atoms with Gasteiger partial charge in [0.2, 0.25) is 0 Å². The number of nitrogens with one attached hydrogen (secondary N) is 2. The lowest BCUT2D eigenvalue weighted by Crippen LogP contribution is -2.15. The highest BCUT2D eigenvalue weighted by molar-refractivity contribution is 9.11. The van der Waals surface area contributed by atoms with Gasteiger partial charge in [-0.05, 0) is 46.1 Å². The smallest absolute Gasteiger partial charge is 0.0701 e. The molecule has 0 bridgehead atoms. The summed E-state index contributed by atoms with van der Waals surface area (Å²) in [5, 5.41) is 3.42. The quantitative estimate of drug-likeness (QED) is 0.811. The number of hydrogen-bond acceptors (Lipinski definition) is 2. The minimum Gasteiger partial charge on any atom is -0.367 e. The highest BCUT2D eigenvalue weighted by atomic mass is 79.9. The molecule has 0 aliphatic heterocycles. The molecule has 2 rings (SSSR count). The van der Waals surface area contributed by atoms with Crippen LogP contribution in [-0.2, 0) is 13.0 Å². The van der Waals surface area contributed by atoms with Crippen LogP contribution in [0.4, 0.5) is 0 Å². The fourth-order valence-corrected chi connectivity index (χ4v) is 2.88. The summed E-state index contributed by atoms with van der Waals surface area (Å²) in [5.41, 5.74) is 1.31. The normalized spacial score (nSPS) is 10.7. The van der Waals surface area contributed by atoms with E-state index < -0.39 is 0 Å². The average molecular weight is 285 g/mol. The number of hydrogen-bond donors (Lipinski definition) is 2. The fraction of sp³-hybridized carbons (Fsp3) is 0.273. The van der Waals surface area contributed by atoms with E-state index in [1.165, 1.54) is 14.2 Å². The van der Waals surface area contributed by atoms with Crippen molar-refractivity contribution < 1.29 is 0 Å². The largest absolute Gasteiger partial charge is 0.367 e. The third-order valence-electron chi connectivity index (χ3n) is 2.17. The Morgan fingerprint density at radius 2 is 2.27 bits per heavy atom. The molecule has 0 aliphatic carbocycles. The highest BCUT2D eigenvalue weighted by Gasteiger charge is 1.97. The molecule has 0 unspecified atom stereocenters. The van der Waals surface area contributed by atoms with E-state index >= 15 is 0 Å². The highest BCUT2D eigenvalue weighted by Crippen LogP contribution is 2.21. The first kappa shape index (κ1) is 10.9. The van der Waals surface area contributed by atoms with E-state index in [-0.39, 0.29) is 0 Å². The van der Waals surface area contributed by atoms with E-state index in [1.807, 2.05) is 12.4 Å². The molecule has 0 saturated carbocycles. The number of rotatable bonds is 5. The van der Waals surface area contributed by atoms with E-state index in [2.05, 4.69) is 44.4 Å². The Labute approximate surface area is 102 Å². The Hall–Kier alpha value is -0.580. The van der Waals surface area contributed by atoms with Gasteiger partial charge in [-0.25, -0.2) is 0 Å². The van der Waals surface area contributed by atoms with Crippen LogP contribution in [0.25, 0.3) is 0 Å². The minimum atomic E-state index is 0.941. The maximum absolute atomic E-state index is 3.47. The van der Waals surface area contributed by atoms with Gasteiger partial charge in [0.15, 0.2) is 0 Å². The van der Waals surface area contributed by atoms with Gasteiger partial charge in [-0.2, -0.15) is 0 Å². The second-order valence-corrected chi connectivity index (χ2v) is 5.90. The lowest BCUT2D eigenvalue weighted by Gasteiger charge is -2.01. The molecular formula is C11H13BrN2S. The summed E-state index contributed by atoms with van der Waals surface area (Å²) in [4.78, 5) is 4.47. The van der Waals surface area contributed by atoms with Crippen LogP contribution in [0, 0.1) is 0 Å². The van der Waals surface area contributed by atoms with Crippen molar-refractivity contribution in [2.75, 3.05) is 6.54 Å². The van der Waals surface area contributed by atoms with Gasteiger partial charge in [0.05, 0.1) is 3.79 Å². The third kappa shape index (κ3) is 3.48. The zero-order valence-corrected chi connectivity index (χ0v) is 10.7. The summed E-state index contributed by atoms with van der Waals surface area (Å²) >= 11 is 5.27. The molecule has 2 nitrogen and oxygen atoms in total. The molecule has 80 valence electrons. The maximum Gasteiger partial charge on any atom is 0.0701 e. The molecule has 2 N–H and O–H groups in total. The molecule has 0 aromatic carbocycles. The first-order valence-electron chi connectivity index (χ1n) is 4.91. The van der Waals surface area contributed by atoms with Gasteiger partial charge in [-0.3, -0.25) is 0 Å². The molecule has 0 saturated heterocycles. The molecule has 0 spiro atoms. The van der Waals surface area contributed by atoms with Gasteiger partial charge < -0.3 is 10.3 Å². The molecule has 15 heavy (non-hydrogen) atoms. The second kappa shape index (κ2) is 5.49. The van der Waals surface area contributed by atoms with Crippen molar-refractivity contribution in [2.24, 2.45) is 0 Å². The molecule has 0 fully saturated rings. The van der Waals surface area contributed by atoms with Crippen molar-refractivity contribution in [3.63, 3.8) is 0 Å². The van der Waals surface area contributed by atoms with Crippen molar-refractivity contribution in [3.05, 3.63) is 44.8 Å². The zero-order valence-electron chi connectivity index (χ0n) is 8.29. The van der Waals surface area contributed by atoms with Crippen LogP contribution >= 0.6 is 27.3 Å². The average Bonchev–Trinajstić information content (AvgIpc) is 2.84. The van der Waals surface area contributed by atoms with Crippen LogP contribution in [-0.4, -0.2) is 11.5 Å². The van der Waals surface area contributed by atoms with Crippen molar-refractivity contribution in [3.8, 4) is 0 Å². The second-order valence-electron chi connectivity index (χ2n) is 3.35. The molecule has 0 aliphatic rings. The van der Waals surface area contributed by atoms with Crippen LogP contribution < -0.4 is 5.32 Å². The Bertz CT molecular complexity index is 394. The summed E-state index contributed by atoms with van der Waals surface area (Å²) in [7, 11) is 0. The van der Waals surface area contributed by atoms with Gasteiger partial charge in [0.1, 0.15) is 0 Å². The summed E-state index contributed by atoms with van der Waals surface area (Å²) in [6.45, 7) is 1.97. The Balaban J connectivity index is 1.67. The predicted octanol–water partition coefficient (Wildman–Crippen LogP) is 3.17. The summed E-state index contributed by atoms with van der Waals surface area (Å²) in [6, 6.07) is 6.37. The van der Waals surface area contributed by atoms with Crippen LogP contribution in [0.3, 0.4) is 0 Å².